The number of hydrogen-bond donors (Lipinski definition) is 1. The van der Waals surface area contributed by atoms with Crippen molar-refractivity contribution in [1.29, 1.82) is 0 Å². The molecule has 0 saturated carbocycles. The Morgan fingerprint density at radius 2 is 1.75 bits per heavy atom. The lowest BCUT2D eigenvalue weighted by Crippen LogP contribution is -2.46. The van der Waals surface area contributed by atoms with Crippen molar-refractivity contribution >= 4 is 39.1 Å². The van der Waals surface area contributed by atoms with E-state index in [1.54, 1.807) is 37.3 Å². The van der Waals surface area contributed by atoms with Crippen LogP contribution in [-0.4, -0.2) is 51.0 Å². The van der Waals surface area contributed by atoms with Crippen LogP contribution in [0.4, 0.5) is 10.1 Å². The van der Waals surface area contributed by atoms with Gasteiger partial charge in [-0.25, -0.2) is 12.8 Å². The third-order valence-corrected chi connectivity index (χ3v) is 6.39. The molecule has 0 aliphatic carbocycles. The van der Waals surface area contributed by atoms with Crippen molar-refractivity contribution in [3.63, 3.8) is 0 Å². The van der Waals surface area contributed by atoms with Gasteiger partial charge < -0.3 is 10.2 Å². The van der Waals surface area contributed by atoms with E-state index in [4.69, 9.17) is 11.6 Å². The maximum Gasteiger partial charge on any atom is 0.242 e. The molecule has 10 heteroatoms. The molecule has 1 N–H and O–H groups in total. The first-order valence-electron chi connectivity index (χ1n) is 10.0. The molecule has 0 bridgehead atoms. The number of sulfonamides is 1. The van der Waals surface area contributed by atoms with E-state index in [2.05, 4.69) is 5.32 Å². The van der Waals surface area contributed by atoms with Gasteiger partial charge in [0.1, 0.15) is 11.9 Å². The summed E-state index contributed by atoms with van der Waals surface area (Å²) in [6, 6.07) is 11.8. The number of para-hydroxylation sites is 1. The Morgan fingerprint density at radius 1 is 1.12 bits per heavy atom. The summed E-state index contributed by atoms with van der Waals surface area (Å²) in [6.45, 7) is 1.73. The molecule has 0 aromatic heterocycles. The van der Waals surface area contributed by atoms with Crippen molar-refractivity contribution in [2.24, 2.45) is 0 Å². The minimum Gasteiger partial charge on any atom is -0.357 e. The second kappa shape index (κ2) is 11.3. The zero-order chi connectivity index (χ0) is 23.9. The highest BCUT2D eigenvalue weighted by atomic mass is 35.5. The van der Waals surface area contributed by atoms with E-state index < -0.39 is 21.9 Å². The second-order valence-electron chi connectivity index (χ2n) is 7.33. The fourth-order valence-corrected chi connectivity index (χ4v) is 4.31. The minimum absolute atomic E-state index is 0.0185. The fourth-order valence-electron chi connectivity index (χ4n) is 3.21. The number of nitrogens with one attached hydrogen (secondary N) is 1. The molecule has 2 aromatic carbocycles. The molecule has 0 spiro atoms. The smallest absolute Gasteiger partial charge is 0.242 e. The average molecular weight is 484 g/mol. The number of halogens is 2. The van der Waals surface area contributed by atoms with Crippen molar-refractivity contribution in [2.75, 3.05) is 24.2 Å². The Hall–Kier alpha value is -2.65. The van der Waals surface area contributed by atoms with Gasteiger partial charge in [-0.1, -0.05) is 35.9 Å². The van der Waals surface area contributed by atoms with E-state index >= 15 is 0 Å². The summed E-state index contributed by atoms with van der Waals surface area (Å²) in [7, 11) is -2.26. The average Bonchev–Trinajstić information content (AvgIpc) is 2.75. The van der Waals surface area contributed by atoms with Crippen molar-refractivity contribution < 1.29 is 22.4 Å². The van der Waals surface area contributed by atoms with Gasteiger partial charge in [0.05, 0.1) is 11.9 Å². The van der Waals surface area contributed by atoms with Gasteiger partial charge in [0.25, 0.3) is 0 Å². The maximum absolute atomic E-state index is 14.2. The van der Waals surface area contributed by atoms with Crippen LogP contribution in [0.1, 0.15) is 25.3 Å². The van der Waals surface area contributed by atoms with Gasteiger partial charge in [0.2, 0.25) is 21.8 Å². The number of nitrogens with zero attached hydrogens (tertiary/aromatic N) is 2. The molecule has 0 fully saturated rings. The van der Waals surface area contributed by atoms with Crippen molar-refractivity contribution in [2.45, 2.75) is 32.4 Å². The molecule has 2 aromatic rings. The minimum atomic E-state index is -3.75. The lowest BCUT2D eigenvalue weighted by atomic mass is 10.1. The molecule has 0 saturated heterocycles. The largest absolute Gasteiger partial charge is 0.357 e. The Morgan fingerprint density at radius 3 is 2.31 bits per heavy atom. The first-order valence-corrected chi connectivity index (χ1v) is 12.2. The molecule has 0 heterocycles. The highest BCUT2D eigenvalue weighted by Gasteiger charge is 2.26. The molecule has 7 nitrogen and oxygen atoms in total. The number of likely N-dealkylation sites (N-methyl/N-ethyl adjacent to an activating group) is 1. The predicted molar refractivity (Wildman–Crippen MR) is 123 cm³/mol. The van der Waals surface area contributed by atoms with Gasteiger partial charge in [-0.05, 0) is 43.2 Å². The molecule has 32 heavy (non-hydrogen) atoms. The number of hydrogen-bond acceptors (Lipinski definition) is 4. The summed E-state index contributed by atoms with van der Waals surface area (Å²) in [6.07, 6.45) is 1.12. The zero-order valence-corrected chi connectivity index (χ0v) is 19.8. The van der Waals surface area contributed by atoms with Crippen LogP contribution < -0.4 is 9.62 Å². The number of carbonyl (C=O) groups excluding carboxylic acids is 2. The first-order chi connectivity index (χ1) is 15.0. The van der Waals surface area contributed by atoms with Crippen molar-refractivity contribution in [1.82, 2.24) is 10.2 Å². The SMILES string of the molecule is CNC(=O)[C@H](C)N(Cc1ccc(Cl)cc1)C(=O)CCCN(c1ccccc1F)S(C)(=O)=O. The zero-order valence-electron chi connectivity index (χ0n) is 18.2. The van der Waals surface area contributed by atoms with Gasteiger partial charge in [0, 0.05) is 31.6 Å². The van der Waals surface area contributed by atoms with Crippen LogP contribution >= 0.6 is 11.6 Å². The molecule has 0 aliphatic rings. The molecule has 0 aliphatic heterocycles. The quantitative estimate of drug-likeness (QED) is 0.562. The first kappa shape index (κ1) is 25.6. The Bertz CT molecular complexity index is 1050. The molecule has 0 radical (unpaired) electrons. The topological polar surface area (TPSA) is 86.8 Å². The van der Waals surface area contributed by atoms with Gasteiger partial charge in [-0.3, -0.25) is 13.9 Å². The van der Waals surface area contributed by atoms with Crippen LogP contribution in [0.5, 0.6) is 0 Å². The maximum atomic E-state index is 14.2. The van der Waals surface area contributed by atoms with Gasteiger partial charge >= 0.3 is 0 Å². The lowest BCUT2D eigenvalue weighted by Gasteiger charge is -2.29. The Kier molecular flexibility index (Phi) is 9.03. The van der Waals surface area contributed by atoms with Crippen LogP contribution in [0.3, 0.4) is 0 Å². The standard InChI is InChI=1S/C22H27ClFN3O4S/c1-16(22(29)25-2)26(15-17-10-12-18(23)13-11-17)21(28)9-6-14-27(32(3,30)31)20-8-5-4-7-19(20)24/h4-5,7-8,10-13,16H,6,9,14-15H2,1-3H3,(H,25,29)/t16-/m0/s1. The Labute approximate surface area is 193 Å². The van der Waals surface area contributed by atoms with Crippen LogP contribution in [0, 0.1) is 5.82 Å². The summed E-state index contributed by atoms with van der Waals surface area (Å²) >= 11 is 5.92. The molecule has 174 valence electrons. The predicted octanol–water partition coefficient (Wildman–Crippen LogP) is 3.19. The van der Waals surface area contributed by atoms with Crippen molar-refractivity contribution in [3.05, 3.63) is 64.9 Å². The summed E-state index contributed by atoms with van der Waals surface area (Å²) < 4.78 is 39.5. The number of anilines is 1. The summed E-state index contributed by atoms with van der Waals surface area (Å²) in [5.74, 6) is -1.31. The highest BCUT2D eigenvalue weighted by molar-refractivity contribution is 7.92. The third-order valence-electron chi connectivity index (χ3n) is 4.95. The molecule has 1 atom stereocenters. The molecule has 2 amide bonds. The molecule has 2 rings (SSSR count). The molecular formula is C22H27ClFN3O4S. The molecular weight excluding hydrogens is 457 g/mol. The monoisotopic (exact) mass is 483 g/mol. The number of rotatable bonds is 10. The van der Waals surface area contributed by atoms with E-state index in [-0.39, 0.29) is 43.4 Å². The lowest BCUT2D eigenvalue weighted by molar-refractivity contribution is -0.140. The van der Waals surface area contributed by atoms with Crippen molar-refractivity contribution in [3.8, 4) is 0 Å². The van der Waals surface area contributed by atoms with Gasteiger partial charge in [-0.2, -0.15) is 0 Å². The van der Waals surface area contributed by atoms with E-state index in [0.717, 1.165) is 16.1 Å². The van der Waals surface area contributed by atoms with E-state index in [9.17, 15) is 22.4 Å². The van der Waals surface area contributed by atoms with Crippen LogP contribution in [0.15, 0.2) is 48.5 Å². The van der Waals surface area contributed by atoms with Gasteiger partial charge in [0.15, 0.2) is 0 Å². The third kappa shape index (κ3) is 6.93. The number of amides is 2. The summed E-state index contributed by atoms with van der Waals surface area (Å²) in [4.78, 5) is 26.6. The van der Waals surface area contributed by atoms with Gasteiger partial charge in [-0.15, -0.1) is 0 Å². The van der Waals surface area contributed by atoms with Crippen LogP contribution in [0.25, 0.3) is 0 Å². The second-order valence-corrected chi connectivity index (χ2v) is 9.67. The molecule has 0 unspecified atom stereocenters. The fraction of sp³-hybridized carbons (Fsp3) is 0.364. The van der Waals surface area contributed by atoms with E-state index in [1.807, 2.05) is 0 Å². The highest BCUT2D eigenvalue weighted by Crippen LogP contribution is 2.22. The summed E-state index contributed by atoms with van der Waals surface area (Å²) in [5.41, 5.74) is 0.724. The summed E-state index contributed by atoms with van der Waals surface area (Å²) in [5, 5.41) is 3.09. The van der Waals surface area contributed by atoms with E-state index in [0.29, 0.717) is 5.02 Å². The van der Waals surface area contributed by atoms with Crippen LogP contribution in [-0.2, 0) is 26.2 Å². The number of benzene rings is 2. The Balaban J connectivity index is 2.14. The van der Waals surface area contributed by atoms with Crippen LogP contribution in [0.2, 0.25) is 5.02 Å². The normalized spacial score (nSPS) is 12.2. The number of carbonyl (C=O) groups is 2. The van der Waals surface area contributed by atoms with E-state index in [1.165, 1.54) is 30.1 Å².